The first-order valence-corrected chi connectivity index (χ1v) is 9.56. The van der Waals surface area contributed by atoms with Crippen LogP contribution in [0, 0.1) is 13.8 Å². The summed E-state index contributed by atoms with van der Waals surface area (Å²) in [6, 6.07) is 13.0. The zero-order chi connectivity index (χ0) is 18.2. The van der Waals surface area contributed by atoms with Crippen molar-refractivity contribution in [3.8, 4) is 22.5 Å². The number of benzene rings is 2. The molecule has 5 nitrogen and oxygen atoms in total. The molecule has 0 amide bonds. The van der Waals surface area contributed by atoms with Gasteiger partial charge in [-0.1, -0.05) is 48.5 Å². The monoisotopic (exact) mass is 356 g/mol. The Kier molecular flexibility index (Phi) is 4.49. The third kappa shape index (κ3) is 3.10. The van der Waals surface area contributed by atoms with E-state index in [1.165, 1.54) is 0 Å². The van der Waals surface area contributed by atoms with Gasteiger partial charge in [-0.2, -0.15) is 0 Å². The Morgan fingerprint density at radius 3 is 2.24 bits per heavy atom. The summed E-state index contributed by atoms with van der Waals surface area (Å²) in [4.78, 5) is 0.0650. The number of aryl methyl sites for hydroxylation is 2. The van der Waals surface area contributed by atoms with Crippen LogP contribution in [0.15, 0.2) is 51.9 Å². The van der Waals surface area contributed by atoms with E-state index in [0.29, 0.717) is 16.9 Å². The predicted octanol–water partition coefficient (Wildman–Crippen LogP) is 3.84. The van der Waals surface area contributed by atoms with E-state index in [4.69, 9.17) is 9.66 Å². The third-order valence-electron chi connectivity index (χ3n) is 4.39. The normalized spacial score (nSPS) is 11.7. The molecule has 6 heteroatoms. The highest BCUT2D eigenvalue weighted by Gasteiger charge is 2.25. The maximum absolute atomic E-state index is 12.5. The van der Waals surface area contributed by atoms with Gasteiger partial charge >= 0.3 is 0 Å². The van der Waals surface area contributed by atoms with E-state index < -0.39 is 10.0 Å². The molecule has 130 valence electrons. The fraction of sp³-hybridized carbons (Fsp3) is 0.211. The van der Waals surface area contributed by atoms with Crippen molar-refractivity contribution in [2.45, 2.75) is 32.1 Å². The lowest BCUT2D eigenvalue weighted by molar-refractivity contribution is 0.426. The van der Waals surface area contributed by atoms with Gasteiger partial charge in [0, 0.05) is 16.7 Å². The van der Waals surface area contributed by atoms with Crippen LogP contribution in [0.2, 0.25) is 0 Å². The summed E-state index contributed by atoms with van der Waals surface area (Å²) in [5.41, 5.74) is 4.43. The highest BCUT2D eigenvalue weighted by Crippen LogP contribution is 2.38. The fourth-order valence-electron chi connectivity index (χ4n) is 2.99. The second-order valence-corrected chi connectivity index (χ2v) is 7.46. The standard InChI is InChI=1S/C19H20N2O3S/c1-4-14-8-5-6-9-15(14)16-10-7-11-17(19(16)25(20,22)23)18-12(2)13(3)21-24-18/h5-11H,4H2,1-3H3,(H2,20,22,23). The second-order valence-electron chi connectivity index (χ2n) is 5.96. The van der Waals surface area contributed by atoms with Crippen LogP contribution in [0.3, 0.4) is 0 Å². The maximum atomic E-state index is 12.5. The van der Waals surface area contributed by atoms with Crippen LogP contribution in [-0.4, -0.2) is 13.6 Å². The van der Waals surface area contributed by atoms with Gasteiger partial charge in [0.1, 0.15) is 4.90 Å². The van der Waals surface area contributed by atoms with E-state index in [0.717, 1.165) is 28.8 Å². The van der Waals surface area contributed by atoms with Crippen molar-refractivity contribution in [3.05, 3.63) is 59.3 Å². The van der Waals surface area contributed by atoms with Gasteiger partial charge in [0.15, 0.2) is 5.76 Å². The summed E-state index contributed by atoms with van der Waals surface area (Å²) in [5.74, 6) is 0.428. The van der Waals surface area contributed by atoms with Gasteiger partial charge in [0.25, 0.3) is 0 Å². The zero-order valence-electron chi connectivity index (χ0n) is 14.4. The van der Waals surface area contributed by atoms with Crippen LogP contribution < -0.4 is 5.14 Å². The Hall–Kier alpha value is -2.44. The zero-order valence-corrected chi connectivity index (χ0v) is 15.2. The minimum absolute atomic E-state index is 0.0650. The fourth-order valence-corrected chi connectivity index (χ4v) is 3.94. The largest absolute Gasteiger partial charge is 0.356 e. The van der Waals surface area contributed by atoms with Gasteiger partial charge in [-0.25, -0.2) is 13.6 Å². The number of aromatic nitrogens is 1. The van der Waals surface area contributed by atoms with Gasteiger partial charge in [-0.05, 0) is 37.5 Å². The third-order valence-corrected chi connectivity index (χ3v) is 5.40. The van der Waals surface area contributed by atoms with Crippen molar-refractivity contribution in [2.75, 3.05) is 0 Å². The van der Waals surface area contributed by atoms with Crippen molar-refractivity contribution < 1.29 is 12.9 Å². The molecule has 0 spiro atoms. The van der Waals surface area contributed by atoms with Crippen molar-refractivity contribution in [3.63, 3.8) is 0 Å². The van der Waals surface area contributed by atoms with E-state index in [1.54, 1.807) is 12.1 Å². The number of hydrogen-bond acceptors (Lipinski definition) is 4. The van der Waals surface area contributed by atoms with E-state index >= 15 is 0 Å². The molecule has 0 fully saturated rings. The van der Waals surface area contributed by atoms with E-state index in [-0.39, 0.29) is 4.90 Å². The smallest absolute Gasteiger partial charge is 0.239 e. The highest BCUT2D eigenvalue weighted by molar-refractivity contribution is 7.89. The summed E-state index contributed by atoms with van der Waals surface area (Å²) in [5, 5.41) is 9.53. The van der Waals surface area contributed by atoms with Crippen LogP contribution in [0.4, 0.5) is 0 Å². The molecule has 0 aliphatic rings. The summed E-state index contributed by atoms with van der Waals surface area (Å²) >= 11 is 0. The molecule has 0 saturated heterocycles. The van der Waals surface area contributed by atoms with Gasteiger partial charge in [-0.3, -0.25) is 0 Å². The Morgan fingerprint density at radius 1 is 1.00 bits per heavy atom. The molecule has 0 aliphatic carbocycles. The van der Waals surface area contributed by atoms with Crippen molar-refractivity contribution in [2.24, 2.45) is 5.14 Å². The molecule has 0 unspecified atom stereocenters. The molecule has 0 saturated carbocycles. The number of hydrogen-bond donors (Lipinski definition) is 1. The van der Waals surface area contributed by atoms with Crippen molar-refractivity contribution in [1.82, 2.24) is 5.16 Å². The molecule has 3 aromatic rings. The van der Waals surface area contributed by atoms with Crippen LogP contribution in [0.1, 0.15) is 23.7 Å². The topological polar surface area (TPSA) is 86.2 Å². The lowest BCUT2D eigenvalue weighted by Gasteiger charge is -2.15. The SMILES string of the molecule is CCc1ccccc1-c1cccc(-c2onc(C)c2C)c1S(N)(=O)=O. The Bertz CT molecular complexity index is 1040. The number of primary sulfonamides is 1. The molecule has 25 heavy (non-hydrogen) atoms. The van der Waals surface area contributed by atoms with Gasteiger partial charge < -0.3 is 4.52 Å². The first kappa shape index (κ1) is 17.4. The first-order chi connectivity index (χ1) is 11.8. The van der Waals surface area contributed by atoms with Crippen LogP contribution >= 0.6 is 0 Å². The van der Waals surface area contributed by atoms with Crippen molar-refractivity contribution in [1.29, 1.82) is 0 Å². The van der Waals surface area contributed by atoms with Crippen LogP contribution in [0.25, 0.3) is 22.5 Å². The second kappa shape index (κ2) is 6.46. The molecule has 3 rings (SSSR count). The molecule has 0 atom stereocenters. The van der Waals surface area contributed by atoms with E-state index in [9.17, 15) is 8.42 Å². The van der Waals surface area contributed by atoms with Crippen LogP contribution in [0.5, 0.6) is 0 Å². The molecule has 0 bridgehead atoms. The summed E-state index contributed by atoms with van der Waals surface area (Å²) in [6.45, 7) is 5.69. The number of nitrogens with zero attached hydrogens (tertiary/aromatic N) is 1. The molecule has 0 radical (unpaired) electrons. The summed E-state index contributed by atoms with van der Waals surface area (Å²) in [7, 11) is -3.98. The first-order valence-electron chi connectivity index (χ1n) is 8.02. The lowest BCUT2D eigenvalue weighted by Crippen LogP contribution is -2.15. The maximum Gasteiger partial charge on any atom is 0.239 e. The van der Waals surface area contributed by atoms with Gasteiger partial charge in [0.2, 0.25) is 10.0 Å². The highest BCUT2D eigenvalue weighted by atomic mass is 32.2. The lowest BCUT2D eigenvalue weighted by atomic mass is 9.95. The molecular formula is C19H20N2O3S. The number of nitrogens with two attached hydrogens (primary N) is 1. The van der Waals surface area contributed by atoms with E-state index in [2.05, 4.69) is 5.16 Å². The molecule has 1 heterocycles. The number of sulfonamides is 1. The Morgan fingerprint density at radius 2 is 1.64 bits per heavy atom. The average molecular weight is 356 g/mol. The molecule has 2 aromatic carbocycles. The van der Waals surface area contributed by atoms with E-state index in [1.807, 2.05) is 51.1 Å². The molecule has 1 aromatic heterocycles. The molecular weight excluding hydrogens is 336 g/mol. The Labute approximate surface area is 147 Å². The molecule has 0 aliphatic heterocycles. The summed E-state index contributed by atoms with van der Waals surface area (Å²) < 4.78 is 30.3. The van der Waals surface area contributed by atoms with Gasteiger partial charge in [0.05, 0.1) is 5.69 Å². The minimum Gasteiger partial charge on any atom is -0.356 e. The van der Waals surface area contributed by atoms with Crippen LogP contribution in [-0.2, 0) is 16.4 Å². The predicted molar refractivity (Wildman–Crippen MR) is 97.6 cm³/mol. The Balaban J connectivity index is 2.39. The average Bonchev–Trinajstić information content (AvgIpc) is 2.92. The summed E-state index contributed by atoms with van der Waals surface area (Å²) in [6.07, 6.45) is 0.783. The van der Waals surface area contributed by atoms with Crippen molar-refractivity contribution >= 4 is 10.0 Å². The molecule has 2 N–H and O–H groups in total. The van der Waals surface area contributed by atoms with Gasteiger partial charge in [-0.15, -0.1) is 0 Å². The number of rotatable bonds is 4. The quantitative estimate of drug-likeness (QED) is 0.769. The minimum atomic E-state index is -3.98.